The highest BCUT2D eigenvalue weighted by molar-refractivity contribution is 5.19. The number of hydrazine groups is 1. The average Bonchev–Trinajstić information content (AvgIpc) is 3.12. The number of imidazole rings is 1. The first-order chi connectivity index (χ1) is 13.6. The van der Waals surface area contributed by atoms with E-state index in [1.54, 1.807) is 0 Å². The number of unbranched alkanes of at least 4 members (excludes halogenated alkanes) is 2. The summed E-state index contributed by atoms with van der Waals surface area (Å²) in [5.41, 5.74) is 15.6. The van der Waals surface area contributed by atoms with Crippen LogP contribution in [0.15, 0.2) is 48.4 Å². The van der Waals surface area contributed by atoms with Crippen molar-refractivity contribution in [3.8, 4) is 0 Å². The predicted octanol–water partition coefficient (Wildman–Crippen LogP) is 3.69. The van der Waals surface area contributed by atoms with Crippen molar-refractivity contribution in [1.29, 1.82) is 0 Å². The van der Waals surface area contributed by atoms with Crippen LogP contribution in [0.1, 0.15) is 56.7 Å². The Balaban J connectivity index is 1.69. The highest BCUT2D eigenvalue weighted by Gasteiger charge is 2.13. The number of nitrogens with one attached hydrogen (secondary N) is 4. The zero-order valence-electron chi connectivity index (χ0n) is 17.5. The minimum absolute atomic E-state index is 0.500. The van der Waals surface area contributed by atoms with Crippen molar-refractivity contribution in [2.75, 3.05) is 19.3 Å². The van der Waals surface area contributed by atoms with Gasteiger partial charge >= 0.3 is 0 Å². The third-order valence-electron chi connectivity index (χ3n) is 5.22. The van der Waals surface area contributed by atoms with Gasteiger partial charge in [0, 0.05) is 31.2 Å². The average molecular weight is 385 g/mol. The Bertz CT molecular complexity index is 694. The van der Waals surface area contributed by atoms with E-state index in [4.69, 9.17) is 5.73 Å². The number of anilines is 1. The summed E-state index contributed by atoms with van der Waals surface area (Å²) in [6, 6.07) is 10.7. The van der Waals surface area contributed by atoms with Gasteiger partial charge in [0.1, 0.15) is 0 Å². The third kappa shape index (κ3) is 7.64. The predicted molar refractivity (Wildman–Crippen MR) is 117 cm³/mol. The number of rotatable bonds is 13. The molecule has 0 saturated carbocycles. The Labute approximate surface area is 169 Å². The van der Waals surface area contributed by atoms with Gasteiger partial charge in [0.05, 0.1) is 6.20 Å². The van der Waals surface area contributed by atoms with Gasteiger partial charge in [0.25, 0.3) is 0 Å². The van der Waals surface area contributed by atoms with Gasteiger partial charge in [-0.25, -0.2) is 10.4 Å². The first kappa shape index (κ1) is 21.8. The maximum absolute atomic E-state index is 5.61. The molecule has 2 unspecified atom stereocenters. The zero-order valence-corrected chi connectivity index (χ0v) is 17.5. The SMILES string of the molecule is CNN/C(=C\NCC(C)C(C)c1ccccc1)CCCCCc1cnc(N)[nH]1. The topological polar surface area (TPSA) is 90.8 Å². The lowest BCUT2D eigenvalue weighted by atomic mass is 9.89. The Hall–Kier alpha value is -2.47. The Morgan fingerprint density at radius 3 is 2.64 bits per heavy atom. The van der Waals surface area contributed by atoms with Gasteiger partial charge in [-0.05, 0) is 43.1 Å². The number of benzene rings is 1. The largest absolute Gasteiger partial charge is 0.389 e. The maximum atomic E-state index is 5.61. The summed E-state index contributed by atoms with van der Waals surface area (Å²) in [7, 11) is 1.90. The van der Waals surface area contributed by atoms with Crippen molar-refractivity contribution >= 4 is 5.95 Å². The number of aryl methyl sites for hydroxylation is 1. The molecule has 2 aromatic rings. The summed E-state index contributed by atoms with van der Waals surface area (Å²) >= 11 is 0. The first-order valence-electron chi connectivity index (χ1n) is 10.3. The molecule has 1 aromatic carbocycles. The van der Waals surface area contributed by atoms with Gasteiger partial charge < -0.3 is 21.5 Å². The fourth-order valence-electron chi connectivity index (χ4n) is 3.27. The Morgan fingerprint density at radius 1 is 1.18 bits per heavy atom. The molecule has 0 aliphatic rings. The third-order valence-corrected chi connectivity index (χ3v) is 5.22. The summed E-state index contributed by atoms with van der Waals surface area (Å²) in [5, 5.41) is 3.50. The fourth-order valence-corrected chi connectivity index (χ4v) is 3.27. The van der Waals surface area contributed by atoms with Crippen molar-refractivity contribution in [2.45, 2.75) is 51.9 Å². The highest BCUT2D eigenvalue weighted by Crippen LogP contribution is 2.23. The first-order valence-corrected chi connectivity index (χ1v) is 10.3. The van der Waals surface area contributed by atoms with Crippen molar-refractivity contribution in [1.82, 2.24) is 26.1 Å². The van der Waals surface area contributed by atoms with Crippen molar-refractivity contribution < 1.29 is 0 Å². The molecule has 2 atom stereocenters. The number of hydrogen-bond acceptors (Lipinski definition) is 5. The molecular formula is C22H36N6. The molecule has 0 bridgehead atoms. The van der Waals surface area contributed by atoms with Crippen LogP contribution in [0.5, 0.6) is 0 Å². The lowest BCUT2D eigenvalue weighted by Crippen LogP contribution is -2.29. The normalized spacial score (nSPS) is 13.9. The Morgan fingerprint density at radius 2 is 1.96 bits per heavy atom. The van der Waals surface area contributed by atoms with Crippen LogP contribution in [-0.2, 0) is 6.42 Å². The molecule has 0 aliphatic heterocycles. The molecule has 6 N–H and O–H groups in total. The smallest absolute Gasteiger partial charge is 0.197 e. The molecule has 2 rings (SSSR count). The number of nitrogens with two attached hydrogens (primary N) is 1. The molecule has 0 radical (unpaired) electrons. The van der Waals surface area contributed by atoms with Gasteiger partial charge in [-0.1, -0.05) is 50.6 Å². The molecule has 0 fully saturated rings. The van der Waals surface area contributed by atoms with Crippen LogP contribution in [0.3, 0.4) is 0 Å². The van der Waals surface area contributed by atoms with E-state index in [1.807, 2.05) is 13.2 Å². The number of aromatic nitrogens is 2. The molecule has 6 nitrogen and oxygen atoms in total. The highest BCUT2D eigenvalue weighted by atomic mass is 15.3. The molecule has 0 spiro atoms. The second-order valence-electron chi connectivity index (χ2n) is 7.48. The van der Waals surface area contributed by atoms with Gasteiger partial charge in [-0.3, -0.25) is 0 Å². The van der Waals surface area contributed by atoms with E-state index in [0.29, 0.717) is 17.8 Å². The Kier molecular flexibility index (Phi) is 9.42. The number of hydrogen-bond donors (Lipinski definition) is 5. The van der Waals surface area contributed by atoms with E-state index in [-0.39, 0.29) is 0 Å². The summed E-state index contributed by atoms with van der Waals surface area (Å²) in [6.07, 6.45) is 9.39. The molecule has 0 aliphatic carbocycles. The molecule has 28 heavy (non-hydrogen) atoms. The van der Waals surface area contributed by atoms with Gasteiger partial charge in [0.15, 0.2) is 5.95 Å². The number of nitrogens with zero attached hydrogens (tertiary/aromatic N) is 1. The van der Waals surface area contributed by atoms with Crippen LogP contribution in [0.2, 0.25) is 0 Å². The standard InChI is InChI=1S/C22H36N6/c1-17(18(2)19-10-6-4-7-11-19)14-25-15-21(28-24-3)13-9-5-8-12-20-16-26-22(23)27-20/h4,6-7,10-11,15-18,24-25,28H,5,8-9,12-14H2,1-3H3,(H3,23,26,27)/b21-15-. The summed E-state index contributed by atoms with van der Waals surface area (Å²) < 4.78 is 0. The number of H-pyrrole nitrogens is 1. The summed E-state index contributed by atoms with van der Waals surface area (Å²) in [6.45, 7) is 5.55. The summed E-state index contributed by atoms with van der Waals surface area (Å²) in [5.74, 6) is 1.58. The van der Waals surface area contributed by atoms with Gasteiger partial charge in [-0.15, -0.1) is 0 Å². The fraction of sp³-hybridized carbons (Fsp3) is 0.500. The quantitative estimate of drug-likeness (QED) is 0.268. The van der Waals surface area contributed by atoms with E-state index in [9.17, 15) is 0 Å². The van der Waals surface area contributed by atoms with Gasteiger partial charge in [-0.2, -0.15) is 0 Å². The molecular weight excluding hydrogens is 348 g/mol. The van der Waals surface area contributed by atoms with E-state index in [2.05, 4.69) is 76.5 Å². The molecule has 6 heteroatoms. The monoisotopic (exact) mass is 384 g/mol. The lowest BCUT2D eigenvalue weighted by molar-refractivity contribution is 0.471. The van der Waals surface area contributed by atoms with Crippen LogP contribution in [0.25, 0.3) is 0 Å². The van der Waals surface area contributed by atoms with E-state index in [1.165, 1.54) is 17.7 Å². The van der Waals surface area contributed by atoms with E-state index < -0.39 is 0 Å². The van der Waals surface area contributed by atoms with E-state index in [0.717, 1.165) is 37.9 Å². The van der Waals surface area contributed by atoms with E-state index >= 15 is 0 Å². The number of nitrogen functional groups attached to an aromatic ring is 1. The van der Waals surface area contributed by atoms with Crippen molar-refractivity contribution in [3.05, 3.63) is 59.7 Å². The molecule has 154 valence electrons. The maximum Gasteiger partial charge on any atom is 0.197 e. The van der Waals surface area contributed by atoms with Crippen LogP contribution < -0.4 is 21.9 Å². The zero-order chi connectivity index (χ0) is 20.2. The van der Waals surface area contributed by atoms with Crippen LogP contribution in [0, 0.1) is 5.92 Å². The number of allylic oxidation sites excluding steroid dienone is 1. The molecule has 0 saturated heterocycles. The van der Waals surface area contributed by atoms with Crippen molar-refractivity contribution in [2.24, 2.45) is 5.92 Å². The summed E-state index contributed by atoms with van der Waals surface area (Å²) in [4.78, 5) is 7.11. The van der Waals surface area contributed by atoms with Crippen LogP contribution in [-0.4, -0.2) is 23.6 Å². The number of aromatic amines is 1. The minimum atomic E-state index is 0.500. The van der Waals surface area contributed by atoms with Crippen LogP contribution >= 0.6 is 0 Å². The lowest BCUT2D eigenvalue weighted by Gasteiger charge is -2.21. The van der Waals surface area contributed by atoms with Gasteiger partial charge in [0.2, 0.25) is 0 Å². The molecule has 1 heterocycles. The van der Waals surface area contributed by atoms with Crippen molar-refractivity contribution in [3.63, 3.8) is 0 Å². The van der Waals surface area contributed by atoms with Crippen LogP contribution in [0.4, 0.5) is 5.95 Å². The molecule has 1 aromatic heterocycles. The molecule has 0 amide bonds. The second-order valence-corrected chi connectivity index (χ2v) is 7.48. The second kappa shape index (κ2) is 12.1. The minimum Gasteiger partial charge on any atom is -0.389 e.